The molecule has 0 aliphatic rings. The average Bonchev–Trinajstić information content (AvgIpc) is 3.50. The highest BCUT2D eigenvalue weighted by Crippen LogP contribution is 2.29. The van der Waals surface area contributed by atoms with E-state index in [0.717, 1.165) is 44.0 Å². The van der Waals surface area contributed by atoms with Gasteiger partial charge in [0.15, 0.2) is 0 Å². The molecule has 0 aliphatic carbocycles. The molecular weight excluding hydrogens is 1040 g/mol. The lowest BCUT2D eigenvalue weighted by Crippen LogP contribution is -2.30. The van der Waals surface area contributed by atoms with Crippen molar-refractivity contribution in [1.82, 2.24) is 0 Å². The van der Waals surface area contributed by atoms with Crippen LogP contribution in [0.4, 0.5) is 0 Å². The molecule has 10 heteroatoms. The van der Waals surface area contributed by atoms with E-state index in [2.05, 4.69) is 63.2 Å². The highest BCUT2D eigenvalue weighted by molar-refractivity contribution is 5.90. The van der Waals surface area contributed by atoms with Crippen LogP contribution >= 0.6 is 0 Å². The zero-order valence-electron chi connectivity index (χ0n) is 49.7. The number of benzene rings is 8. The van der Waals surface area contributed by atoms with Crippen molar-refractivity contribution >= 4 is 62.2 Å². The van der Waals surface area contributed by atoms with Crippen LogP contribution in [0.15, 0.2) is 249 Å². The van der Waals surface area contributed by atoms with Gasteiger partial charge in [0, 0.05) is 34.3 Å². The molecule has 8 aromatic rings. The number of hydrogen-bond donors (Lipinski definition) is 0. The Bertz CT molecular complexity index is 3570. The van der Waals surface area contributed by atoms with Crippen molar-refractivity contribution in [3.05, 3.63) is 277 Å². The summed E-state index contributed by atoms with van der Waals surface area (Å²) in [4.78, 5) is 56.8. The van der Waals surface area contributed by atoms with Gasteiger partial charge in [-0.2, -0.15) is 0 Å². The first-order chi connectivity index (χ1) is 39.2. The third kappa shape index (κ3) is 22.9. The zero-order valence-corrected chi connectivity index (χ0v) is 49.7. The average molecular weight is 1120 g/mol. The van der Waals surface area contributed by atoms with E-state index in [0.29, 0.717) is 40.9 Å². The van der Waals surface area contributed by atoms with Gasteiger partial charge in [0.25, 0.3) is 0 Å². The lowest BCUT2D eigenvalue weighted by Gasteiger charge is -2.26. The summed E-state index contributed by atoms with van der Waals surface area (Å²) in [5.74, 6) is -1.74. The normalized spacial score (nSPS) is 10.9. The van der Waals surface area contributed by atoms with E-state index in [-0.39, 0.29) is 42.6 Å². The maximum absolute atomic E-state index is 11.7. The van der Waals surface area contributed by atoms with E-state index < -0.39 is 11.2 Å². The van der Waals surface area contributed by atoms with Gasteiger partial charge in [0.2, 0.25) is 0 Å². The largest absolute Gasteiger partial charge is 0.457 e. The molecule has 0 fully saturated rings. The summed E-state index contributed by atoms with van der Waals surface area (Å²) in [6.45, 7) is 36.1. The maximum atomic E-state index is 11.7. The molecule has 1 unspecified atom stereocenters. The minimum Gasteiger partial charge on any atom is -0.457 e. The molecule has 0 bridgehead atoms. The molecule has 10 nitrogen and oxygen atoms in total. The van der Waals surface area contributed by atoms with Gasteiger partial charge in [0.1, 0.15) is 30.5 Å². The van der Waals surface area contributed by atoms with Gasteiger partial charge in [-0.1, -0.05) is 203 Å². The molecule has 0 N–H and O–H groups in total. The Balaban J connectivity index is 0.000000224. The van der Waals surface area contributed by atoms with E-state index >= 15 is 0 Å². The molecule has 83 heavy (non-hydrogen) atoms. The fourth-order valence-electron chi connectivity index (χ4n) is 7.64. The monoisotopic (exact) mass is 1110 g/mol. The standard InChI is InChI=1S/C17H18O2.C16H16O2.C15H14O2.C14H18O2.C11H12O2/c1-12(2)16(18)19-17(3,4)15-10-9-13-7-5-6-8-14(13)11-15;1-11(2)16(17)18-12(3)14-9-8-13-6-4-5-7-15(13)10-14;1-11(2)15(16)17-10-12-7-8-13-5-3-4-6-14(13)9-12;1-11(2)13(15)16-14(3,4)10-12-8-6-5-7-9-12;1-9(2)11(12)13-8-10-6-4-3-5-7-10/h5-11H,1H2,2-4H3;4-10,12H,1H2,2-3H3;3-9H,1,10H2,2H3;5-9H,1,10H2,2-4H3;3-7H,1,8H2,2H3. The first-order valence-electron chi connectivity index (χ1n) is 27.1. The SMILES string of the molecule is C=C(C)C(=O)OC(C)(C)Cc1ccccc1.C=C(C)C(=O)OC(C)(C)c1ccc2ccccc2c1.C=C(C)C(=O)OC(C)c1ccc2ccccc2c1.C=C(C)C(=O)OCc1ccc2ccccc2c1.C=C(C)C(=O)OCc1ccccc1. The van der Waals surface area contributed by atoms with Crippen LogP contribution in [0.2, 0.25) is 0 Å². The molecule has 0 heterocycles. The van der Waals surface area contributed by atoms with Gasteiger partial charge in [-0.25, -0.2) is 24.0 Å². The Morgan fingerprint density at radius 2 is 0.759 bits per heavy atom. The summed E-state index contributed by atoms with van der Waals surface area (Å²) in [5.41, 5.74) is 6.03. The number of hydrogen-bond acceptors (Lipinski definition) is 10. The predicted molar refractivity (Wildman–Crippen MR) is 336 cm³/mol. The molecule has 8 aromatic carbocycles. The minimum atomic E-state index is -0.667. The number of ether oxygens (including phenoxy) is 5. The van der Waals surface area contributed by atoms with E-state index in [4.69, 9.17) is 23.7 Å². The van der Waals surface area contributed by atoms with E-state index in [1.807, 2.05) is 192 Å². The number of esters is 5. The number of carbonyl (C=O) groups is 5. The molecule has 0 radical (unpaired) electrons. The summed E-state index contributed by atoms with van der Waals surface area (Å²) < 4.78 is 26.2. The van der Waals surface area contributed by atoms with Crippen molar-refractivity contribution < 1.29 is 47.7 Å². The lowest BCUT2D eigenvalue weighted by atomic mass is 9.95. The Labute approximate surface area is 490 Å². The fourth-order valence-corrected chi connectivity index (χ4v) is 7.64. The predicted octanol–water partition coefficient (Wildman–Crippen LogP) is 17.1. The summed E-state index contributed by atoms with van der Waals surface area (Å²) in [6, 6.07) is 62.0. The Morgan fingerprint density at radius 3 is 1.23 bits per heavy atom. The maximum Gasteiger partial charge on any atom is 0.333 e. The summed E-state index contributed by atoms with van der Waals surface area (Å²) in [5, 5.41) is 6.97. The second-order valence-corrected chi connectivity index (χ2v) is 21.1. The molecule has 0 amide bonds. The zero-order chi connectivity index (χ0) is 61.3. The van der Waals surface area contributed by atoms with Crippen molar-refractivity contribution in [2.24, 2.45) is 0 Å². The Hall–Kier alpha value is -9.41. The quantitative estimate of drug-likeness (QED) is 0.0523. The first-order valence-corrected chi connectivity index (χ1v) is 27.1. The van der Waals surface area contributed by atoms with Crippen molar-refractivity contribution in [2.75, 3.05) is 0 Å². The molecule has 0 aliphatic heterocycles. The van der Waals surface area contributed by atoms with Crippen LogP contribution in [-0.2, 0) is 72.9 Å². The molecule has 8 rings (SSSR count). The van der Waals surface area contributed by atoms with Gasteiger partial charge < -0.3 is 23.7 Å². The van der Waals surface area contributed by atoms with Gasteiger partial charge in [-0.15, -0.1) is 0 Å². The molecule has 0 spiro atoms. The van der Waals surface area contributed by atoms with Crippen LogP contribution in [0.1, 0.15) is 103 Å². The number of fused-ring (bicyclic) bond motifs is 3. The highest BCUT2D eigenvalue weighted by atomic mass is 16.6. The molecule has 430 valence electrons. The second-order valence-electron chi connectivity index (χ2n) is 21.1. The van der Waals surface area contributed by atoms with Gasteiger partial charge in [-0.05, 0) is 148 Å². The van der Waals surface area contributed by atoms with Gasteiger partial charge in [-0.3, -0.25) is 0 Å². The first kappa shape index (κ1) is 66.1. The van der Waals surface area contributed by atoms with Crippen molar-refractivity contribution in [1.29, 1.82) is 0 Å². The van der Waals surface area contributed by atoms with Crippen LogP contribution < -0.4 is 0 Å². The van der Waals surface area contributed by atoms with Gasteiger partial charge in [0.05, 0.1) is 0 Å². The molecule has 0 aromatic heterocycles. The molecule has 0 saturated carbocycles. The molecular formula is C73H78O10. The smallest absolute Gasteiger partial charge is 0.333 e. The molecule has 0 saturated heterocycles. The second kappa shape index (κ2) is 32.1. The number of rotatable bonds is 16. The van der Waals surface area contributed by atoms with Crippen LogP contribution in [-0.4, -0.2) is 35.4 Å². The summed E-state index contributed by atoms with van der Waals surface area (Å²) >= 11 is 0. The lowest BCUT2D eigenvalue weighted by molar-refractivity contribution is -0.153. The minimum absolute atomic E-state index is 0.265. The van der Waals surface area contributed by atoms with Crippen molar-refractivity contribution in [3.8, 4) is 0 Å². The topological polar surface area (TPSA) is 132 Å². The van der Waals surface area contributed by atoms with E-state index in [1.54, 1.807) is 34.6 Å². The van der Waals surface area contributed by atoms with Crippen LogP contribution in [0, 0.1) is 0 Å². The van der Waals surface area contributed by atoms with Crippen molar-refractivity contribution in [2.45, 2.75) is 106 Å². The Morgan fingerprint density at radius 1 is 0.386 bits per heavy atom. The van der Waals surface area contributed by atoms with E-state index in [1.165, 1.54) is 16.2 Å². The van der Waals surface area contributed by atoms with Crippen molar-refractivity contribution in [3.63, 3.8) is 0 Å². The highest BCUT2D eigenvalue weighted by Gasteiger charge is 2.26. The van der Waals surface area contributed by atoms with Crippen LogP contribution in [0.3, 0.4) is 0 Å². The summed E-state index contributed by atoms with van der Waals surface area (Å²) in [7, 11) is 0. The Kier molecular flexibility index (Phi) is 25.6. The third-order valence-corrected chi connectivity index (χ3v) is 12.3. The number of carbonyl (C=O) groups excluding carboxylic acids is 5. The summed E-state index contributed by atoms with van der Waals surface area (Å²) in [6.07, 6.45) is 0.436. The van der Waals surface area contributed by atoms with Crippen LogP contribution in [0.5, 0.6) is 0 Å². The van der Waals surface area contributed by atoms with E-state index in [9.17, 15) is 24.0 Å². The van der Waals surface area contributed by atoms with Crippen LogP contribution in [0.25, 0.3) is 32.3 Å². The third-order valence-electron chi connectivity index (χ3n) is 12.3. The fraction of sp³-hybridized carbons (Fsp3) is 0.219. The van der Waals surface area contributed by atoms with Gasteiger partial charge >= 0.3 is 29.8 Å². The molecule has 1 atom stereocenters.